The number of pyridine rings is 1. The van der Waals surface area contributed by atoms with Gasteiger partial charge >= 0.3 is 0 Å². The molecule has 2 atom stereocenters. The van der Waals surface area contributed by atoms with Crippen LogP contribution in [0, 0.1) is 5.92 Å². The van der Waals surface area contributed by atoms with Gasteiger partial charge in [-0.2, -0.15) is 0 Å². The Labute approximate surface area is 254 Å². The SMILES string of the molecule is CC(C)C[C@@H]1NC(=O)c2coc(n2)[C@H](Cc2ccccc2)NC(=O)CN(Cc2ccncc2)CCNC(=O)c2csc1n2. The number of carbonyl (C=O) groups excluding carboxylic acids is 3. The van der Waals surface area contributed by atoms with Gasteiger partial charge in [0.2, 0.25) is 11.8 Å². The minimum absolute atomic E-state index is 0.0647. The number of aromatic nitrogens is 3. The molecule has 3 N–H and O–H groups in total. The van der Waals surface area contributed by atoms with Crippen LogP contribution in [0.1, 0.15) is 75.4 Å². The summed E-state index contributed by atoms with van der Waals surface area (Å²) in [5.74, 6) is -0.470. The maximum absolute atomic E-state index is 13.4. The van der Waals surface area contributed by atoms with E-state index in [1.807, 2.05) is 47.4 Å². The number of rotatable bonds is 6. The summed E-state index contributed by atoms with van der Waals surface area (Å²) in [5, 5.41) is 11.3. The number of carbonyl (C=O) groups is 3. The van der Waals surface area contributed by atoms with Gasteiger partial charge in [-0.1, -0.05) is 44.2 Å². The van der Waals surface area contributed by atoms with Gasteiger partial charge in [0.05, 0.1) is 12.6 Å². The van der Waals surface area contributed by atoms with Crippen LogP contribution in [0.3, 0.4) is 0 Å². The molecule has 11 nitrogen and oxygen atoms in total. The molecule has 4 aromatic rings. The molecule has 1 aromatic carbocycles. The van der Waals surface area contributed by atoms with Gasteiger partial charge in [-0.3, -0.25) is 24.3 Å². The fourth-order valence-electron chi connectivity index (χ4n) is 4.90. The maximum Gasteiger partial charge on any atom is 0.273 e. The Balaban J connectivity index is 1.46. The molecule has 3 aromatic heterocycles. The summed E-state index contributed by atoms with van der Waals surface area (Å²) in [6, 6.07) is 12.5. The van der Waals surface area contributed by atoms with E-state index in [1.54, 1.807) is 17.8 Å². The van der Waals surface area contributed by atoms with Crippen molar-refractivity contribution in [1.82, 2.24) is 35.8 Å². The number of fused-ring (bicyclic) bond motifs is 4. The normalized spacial score (nSPS) is 18.8. The van der Waals surface area contributed by atoms with E-state index >= 15 is 0 Å². The van der Waals surface area contributed by atoms with Crippen molar-refractivity contribution in [3.05, 3.63) is 99.9 Å². The fourth-order valence-corrected chi connectivity index (χ4v) is 5.76. The lowest BCUT2D eigenvalue weighted by Crippen LogP contribution is -2.42. The van der Waals surface area contributed by atoms with Gasteiger partial charge in [-0.15, -0.1) is 11.3 Å². The highest BCUT2D eigenvalue weighted by Gasteiger charge is 2.27. The molecule has 0 fully saturated rings. The molecular weight excluding hydrogens is 566 g/mol. The third-order valence-corrected chi connectivity index (χ3v) is 7.93. The van der Waals surface area contributed by atoms with Gasteiger partial charge < -0.3 is 20.4 Å². The third-order valence-electron chi connectivity index (χ3n) is 6.97. The van der Waals surface area contributed by atoms with Crippen molar-refractivity contribution in [2.75, 3.05) is 19.6 Å². The van der Waals surface area contributed by atoms with Crippen molar-refractivity contribution in [1.29, 1.82) is 0 Å². The van der Waals surface area contributed by atoms with Crippen molar-refractivity contribution >= 4 is 29.1 Å². The lowest BCUT2D eigenvalue weighted by molar-refractivity contribution is -0.123. The molecule has 1 aliphatic heterocycles. The smallest absolute Gasteiger partial charge is 0.273 e. The first-order valence-corrected chi connectivity index (χ1v) is 15.2. The molecule has 224 valence electrons. The Kier molecular flexibility index (Phi) is 9.90. The largest absolute Gasteiger partial charge is 0.446 e. The van der Waals surface area contributed by atoms with E-state index in [1.165, 1.54) is 17.6 Å². The highest BCUT2D eigenvalue weighted by atomic mass is 32.1. The van der Waals surface area contributed by atoms with Crippen LogP contribution >= 0.6 is 11.3 Å². The predicted molar refractivity (Wildman–Crippen MR) is 161 cm³/mol. The topological polar surface area (TPSA) is 142 Å². The Morgan fingerprint density at radius 2 is 1.74 bits per heavy atom. The minimum Gasteiger partial charge on any atom is -0.446 e. The standard InChI is InChI=1S/C31H35N7O4S/c1-20(2)14-24-31-37-26(19-43-31)28(40)33-12-13-38(16-22-8-10-32-11-9-22)17-27(39)34-23(15-21-6-4-3-5-7-21)30-36-25(18-42-30)29(41)35-24/h3-11,18-20,23-24H,12-17H2,1-2H3,(H,33,40)(H,34,39)(H,35,41)/t23-,24-/m0/s1. The highest BCUT2D eigenvalue weighted by Crippen LogP contribution is 2.26. The van der Waals surface area contributed by atoms with Gasteiger partial charge in [0.25, 0.3) is 11.8 Å². The van der Waals surface area contributed by atoms with Crippen LogP contribution in [0.5, 0.6) is 0 Å². The highest BCUT2D eigenvalue weighted by molar-refractivity contribution is 7.09. The first-order chi connectivity index (χ1) is 20.8. The number of nitrogens with one attached hydrogen (secondary N) is 3. The van der Waals surface area contributed by atoms with E-state index in [4.69, 9.17) is 4.42 Å². The molecule has 3 amide bonds. The molecule has 0 saturated carbocycles. The van der Waals surface area contributed by atoms with E-state index in [-0.39, 0.29) is 41.6 Å². The number of thiazole rings is 1. The first-order valence-electron chi connectivity index (χ1n) is 14.3. The molecule has 4 heterocycles. The molecule has 0 unspecified atom stereocenters. The molecule has 0 aliphatic carbocycles. The van der Waals surface area contributed by atoms with Crippen LogP contribution in [-0.2, 0) is 17.8 Å². The second-order valence-electron chi connectivity index (χ2n) is 10.9. The number of hydrogen-bond acceptors (Lipinski definition) is 9. The lowest BCUT2D eigenvalue weighted by Gasteiger charge is -2.24. The van der Waals surface area contributed by atoms with E-state index in [2.05, 4.69) is 44.7 Å². The molecular formula is C31H35N7O4S. The van der Waals surface area contributed by atoms with Gasteiger partial charge in [-0.25, -0.2) is 9.97 Å². The van der Waals surface area contributed by atoms with Crippen LogP contribution < -0.4 is 16.0 Å². The Morgan fingerprint density at radius 3 is 2.51 bits per heavy atom. The summed E-state index contributed by atoms with van der Waals surface area (Å²) >= 11 is 1.33. The van der Waals surface area contributed by atoms with Crippen molar-refractivity contribution in [2.45, 2.75) is 45.3 Å². The average Bonchev–Trinajstić information content (AvgIpc) is 3.68. The van der Waals surface area contributed by atoms with E-state index in [9.17, 15) is 14.4 Å². The summed E-state index contributed by atoms with van der Waals surface area (Å²) in [6.07, 6.45) is 5.77. The van der Waals surface area contributed by atoms with Gasteiger partial charge in [0.1, 0.15) is 23.0 Å². The molecule has 0 radical (unpaired) electrons. The summed E-state index contributed by atoms with van der Waals surface area (Å²) in [5.41, 5.74) is 2.36. The van der Waals surface area contributed by atoms with Crippen molar-refractivity contribution in [3.63, 3.8) is 0 Å². The van der Waals surface area contributed by atoms with Gasteiger partial charge in [-0.05, 0) is 35.6 Å². The lowest BCUT2D eigenvalue weighted by atomic mass is 10.0. The van der Waals surface area contributed by atoms with Crippen LogP contribution in [-0.4, -0.2) is 57.2 Å². The zero-order chi connectivity index (χ0) is 30.2. The quantitative estimate of drug-likeness (QED) is 0.304. The van der Waals surface area contributed by atoms with Crippen LogP contribution in [0.2, 0.25) is 0 Å². The third kappa shape index (κ3) is 8.33. The van der Waals surface area contributed by atoms with Gasteiger partial charge in [0, 0.05) is 43.8 Å². The Bertz CT molecular complexity index is 1520. The predicted octanol–water partition coefficient (Wildman–Crippen LogP) is 3.69. The molecule has 1 aliphatic rings. The molecule has 43 heavy (non-hydrogen) atoms. The zero-order valence-electron chi connectivity index (χ0n) is 24.2. The number of amides is 3. The Hall–Kier alpha value is -4.42. The summed E-state index contributed by atoms with van der Waals surface area (Å²) < 4.78 is 5.79. The second-order valence-corrected chi connectivity index (χ2v) is 11.8. The van der Waals surface area contributed by atoms with Crippen molar-refractivity contribution in [3.8, 4) is 0 Å². The molecule has 4 bridgehead atoms. The number of nitrogens with zero attached hydrogens (tertiary/aromatic N) is 4. The second kappa shape index (κ2) is 14.2. The number of benzene rings is 1. The molecule has 0 saturated heterocycles. The number of oxazole rings is 1. The van der Waals surface area contributed by atoms with E-state index in [0.717, 1.165) is 11.1 Å². The van der Waals surface area contributed by atoms with Gasteiger partial charge in [0.15, 0.2) is 5.69 Å². The molecule has 12 heteroatoms. The van der Waals surface area contributed by atoms with E-state index < -0.39 is 18.0 Å². The first kappa shape index (κ1) is 30.1. The van der Waals surface area contributed by atoms with E-state index in [0.29, 0.717) is 37.5 Å². The Morgan fingerprint density at radius 1 is 0.953 bits per heavy atom. The summed E-state index contributed by atoms with van der Waals surface area (Å²) in [4.78, 5) is 54.8. The summed E-state index contributed by atoms with van der Waals surface area (Å²) in [7, 11) is 0. The molecule has 5 rings (SSSR count). The fraction of sp³-hybridized carbons (Fsp3) is 0.355. The molecule has 0 spiro atoms. The zero-order valence-corrected chi connectivity index (χ0v) is 25.0. The van der Waals surface area contributed by atoms with Crippen LogP contribution in [0.4, 0.5) is 0 Å². The van der Waals surface area contributed by atoms with Crippen LogP contribution in [0.15, 0.2) is 70.9 Å². The van der Waals surface area contributed by atoms with Crippen LogP contribution in [0.25, 0.3) is 0 Å². The average molecular weight is 602 g/mol. The summed E-state index contributed by atoms with van der Waals surface area (Å²) in [6.45, 7) is 5.40. The van der Waals surface area contributed by atoms with Crippen molar-refractivity contribution < 1.29 is 18.8 Å². The number of hydrogen-bond donors (Lipinski definition) is 3. The minimum atomic E-state index is -0.606. The van der Waals surface area contributed by atoms with Crippen molar-refractivity contribution in [2.24, 2.45) is 5.92 Å². The monoisotopic (exact) mass is 601 g/mol. The maximum atomic E-state index is 13.4.